The lowest BCUT2D eigenvalue weighted by Gasteiger charge is -2.07. The number of ether oxygens (including phenoxy) is 1. The van der Waals surface area contributed by atoms with Gasteiger partial charge in [0.1, 0.15) is 17.6 Å². The standard InChI is InChI=1S/C14H12N2O3S/c1-20(17,18)13-5-2-11(3-6-13)19-12-4-7-14(16)10(8-12)9-15/h2-8H,16H2,1H3. The van der Waals surface area contributed by atoms with Crippen molar-refractivity contribution in [1.29, 1.82) is 5.26 Å². The zero-order valence-corrected chi connectivity index (χ0v) is 11.5. The van der Waals surface area contributed by atoms with Crippen LogP contribution in [0.15, 0.2) is 47.4 Å². The summed E-state index contributed by atoms with van der Waals surface area (Å²) < 4.78 is 28.2. The summed E-state index contributed by atoms with van der Waals surface area (Å²) in [5, 5.41) is 8.88. The monoisotopic (exact) mass is 288 g/mol. The van der Waals surface area contributed by atoms with Gasteiger partial charge >= 0.3 is 0 Å². The largest absolute Gasteiger partial charge is 0.457 e. The van der Waals surface area contributed by atoms with Gasteiger partial charge in [-0.25, -0.2) is 8.42 Å². The van der Waals surface area contributed by atoms with Crippen molar-refractivity contribution >= 4 is 15.5 Å². The van der Waals surface area contributed by atoms with Crippen molar-refractivity contribution in [1.82, 2.24) is 0 Å². The van der Waals surface area contributed by atoms with Crippen LogP contribution >= 0.6 is 0 Å². The third kappa shape index (κ3) is 3.08. The molecule has 0 aliphatic heterocycles. The van der Waals surface area contributed by atoms with Crippen LogP contribution in [0.5, 0.6) is 11.5 Å². The average Bonchev–Trinajstić information content (AvgIpc) is 2.40. The number of anilines is 1. The summed E-state index contributed by atoms with van der Waals surface area (Å²) in [5.74, 6) is 0.939. The van der Waals surface area contributed by atoms with E-state index in [1.165, 1.54) is 18.2 Å². The van der Waals surface area contributed by atoms with E-state index in [2.05, 4.69) is 0 Å². The van der Waals surface area contributed by atoms with Gasteiger partial charge in [-0.3, -0.25) is 0 Å². The van der Waals surface area contributed by atoms with Gasteiger partial charge in [-0.15, -0.1) is 0 Å². The molecule has 0 amide bonds. The summed E-state index contributed by atoms with van der Waals surface area (Å²) in [6.07, 6.45) is 1.14. The number of nitrogens with zero attached hydrogens (tertiary/aromatic N) is 1. The molecule has 0 fully saturated rings. The molecule has 6 heteroatoms. The normalized spacial score (nSPS) is 10.8. The van der Waals surface area contributed by atoms with E-state index in [0.29, 0.717) is 22.7 Å². The summed E-state index contributed by atoms with van der Waals surface area (Å²) in [5.41, 5.74) is 6.33. The van der Waals surface area contributed by atoms with Crippen LogP contribution in [0, 0.1) is 11.3 Å². The van der Waals surface area contributed by atoms with E-state index >= 15 is 0 Å². The van der Waals surface area contributed by atoms with Gasteiger partial charge in [0.15, 0.2) is 9.84 Å². The molecule has 2 N–H and O–H groups in total. The van der Waals surface area contributed by atoms with Crippen molar-refractivity contribution in [2.75, 3.05) is 12.0 Å². The number of hydrogen-bond donors (Lipinski definition) is 1. The lowest BCUT2D eigenvalue weighted by Crippen LogP contribution is -1.96. The van der Waals surface area contributed by atoms with E-state index in [1.807, 2.05) is 6.07 Å². The number of benzene rings is 2. The summed E-state index contributed by atoms with van der Waals surface area (Å²) in [4.78, 5) is 0.222. The molecule has 0 unspecified atom stereocenters. The predicted molar refractivity (Wildman–Crippen MR) is 75.2 cm³/mol. The minimum atomic E-state index is -3.22. The second-order valence-electron chi connectivity index (χ2n) is 4.21. The van der Waals surface area contributed by atoms with Crippen molar-refractivity contribution in [3.8, 4) is 17.6 Å². The zero-order valence-electron chi connectivity index (χ0n) is 10.7. The molecule has 0 saturated heterocycles. The Morgan fingerprint density at radius 1 is 1.10 bits per heavy atom. The van der Waals surface area contributed by atoms with Crippen LogP contribution in [-0.4, -0.2) is 14.7 Å². The average molecular weight is 288 g/mol. The zero-order chi connectivity index (χ0) is 14.8. The van der Waals surface area contributed by atoms with Gasteiger partial charge in [0.05, 0.1) is 10.5 Å². The Kier molecular flexibility index (Phi) is 3.63. The molecule has 0 bridgehead atoms. The maximum absolute atomic E-state index is 11.3. The Balaban J connectivity index is 2.25. The van der Waals surface area contributed by atoms with Crippen LogP contribution in [0.2, 0.25) is 0 Å². The van der Waals surface area contributed by atoms with Crippen molar-refractivity contribution in [3.63, 3.8) is 0 Å². The number of nitrogen functional groups attached to an aromatic ring is 1. The molecule has 0 aliphatic rings. The molecular weight excluding hydrogens is 276 g/mol. The maximum Gasteiger partial charge on any atom is 0.175 e. The van der Waals surface area contributed by atoms with E-state index in [0.717, 1.165) is 6.26 Å². The Morgan fingerprint density at radius 2 is 1.70 bits per heavy atom. The summed E-state index contributed by atoms with van der Waals surface area (Å²) >= 11 is 0. The third-order valence-corrected chi connectivity index (χ3v) is 3.76. The Morgan fingerprint density at radius 3 is 2.25 bits per heavy atom. The van der Waals surface area contributed by atoms with Crippen molar-refractivity contribution in [2.24, 2.45) is 0 Å². The number of sulfone groups is 1. The van der Waals surface area contributed by atoms with Crippen LogP contribution in [0.25, 0.3) is 0 Å². The van der Waals surface area contributed by atoms with Gasteiger partial charge in [-0.1, -0.05) is 0 Å². The predicted octanol–water partition coefficient (Wildman–Crippen LogP) is 2.34. The minimum Gasteiger partial charge on any atom is -0.457 e. The third-order valence-electron chi connectivity index (χ3n) is 2.63. The van der Waals surface area contributed by atoms with Crippen LogP contribution in [0.3, 0.4) is 0 Å². The molecule has 0 radical (unpaired) electrons. The van der Waals surface area contributed by atoms with Crippen LogP contribution < -0.4 is 10.5 Å². The second kappa shape index (κ2) is 5.23. The first-order valence-corrected chi connectivity index (χ1v) is 7.57. The van der Waals surface area contributed by atoms with Crippen molar-refractivity contribution in [2.45, 2.75) is 4.90 Å². The van der Waals surface area contributed by atoms with E-state index in [-0.39, 0.29) is 4.90 Å². The number of nitriles is 1. The van der Waals surface area contributed by atoms with Gasteiger partial charge in [-0.2, -0.15) is 5.26 Å². The van der Waals surface area contributed by atoms with Crippen molar-refractivity contribution < 1.29 is 13.2 Å². The molecule has 20 heavy (non-hydrogen) atoms. The quantitative estimate of drug-likeness (QED) is 0.875. The number of rotatable bonds is 3. The highest BCUT2D eigenvalue weighted by Gasteiger charge is 2.07. The molecular formula is C14H12N2O3S. The van der Waals surface area contributed by atoms with Gasteiger partial charge < -0.3 is 10.5 Å². The van der Waals surface area contributed by atoms with Gasteiger partial charge in [0, 0.05) is 18.0 Å². The van der Waals surface area contributed by atoms with Gasteiger partial charge in [0.2, 0.25) is 0 Å². The molecule has 0 atom stereocenters. The first-order chi connectivity index (χ1) is 9.40. The lowest BCUT2D eigenvalue weighted by molar-refractivity contribution is 0.482. The van der Waals surface area contributed by atoms with Crippen LogP contribution in [0.1, 0.15) is 5.56 Å². The van der Waals surface area contributed by atoms with Gasteiger partial charge in [-0.05, 0) is 36.4 Å². The SMILES string of the molecule is CS(=O)(=O)c1ccc(Oc2ccc(N)c(C#N)c2)cc1. The highest BCUT2D eigenvalue weighted by molar-refractivity contribution is 7.90. The fourth-order valence-electron chi connectivity index (χ4n) is 1.59. The summed E-state index contributed by atoms with van der Waals surface area (Å²) in [7, 11) is -3.22. The Bertz CT molecular complexity index is 775. The Hall–Kier alpha value is -2.52. The molecule has 5 nitrogen and oxygen atoms in total. The van der Waals surface area contributed by atoms with E-state index < -0.39 is 9.84 Å². The second-order valence-corrected chi connectivity index (χ2v) is 6.22. The molecule has 0 heterocycles. The fourth-order valence-corrected chi connectivity index (χ4v) is 2.22. The molecule has 2 aromatic rings. The van der Waals surface area contributed by atoms with E-state index in [1.54, 1.807) is 24.3 Å². The van der Waals surface area contributed by atoms with E-state index in [9.17, 15) is 8.42 Å². The van der Waals surface area contributed by atoms with Crippen LogP contribution in [-0.2, 0) is 9.84 Å². The molecule has 0 aliphatic carbocycles. The summed E-state index contributed by atoms with van der Waals surface area (Å²) in [6, 6.07) is 12.8. The fraction of sp³-hybridized carbons (Fsp3) is 0.0714. The maximum atomic E-state index is 11.3. The highest BCUT2D eigenvalue weighted by atomic mass is 32.2. The van der Waals surface area contributed by atoms with Crippen molar-refractivity contribution in [3.05, 3.63) is 48.0 Å². The van der Waals surface area contributed by atoms with Crippen LogP contribution in [0.4, 0.5) is 5.69 Å². The lowest BCUT2D eigenvalue weighted by atomic mass is 10.2. The topological polar surface area (TPSA) is 93.2 Å². The van der Waals surface area contributed by atoms with E-state index in [4.69, 9.17) is 15.7 Å². The van der Waals surface area contributed by atoms with Gasteiger partial charge in [0.25, 0.3) is 0 Å². The molecule has 2 aromatic carbocycles. The Labute approximate surface area is 117 Å². The first-order valence-electron chi connectivity index (χ1n) is 5.68. The molecule has 0 aromatic heterocycles. The number of hydrogen-bond acceptors (Lipinski definition) is 5. The molecule has 2 rings (SSSR count). The first kappa shape index (κ1) is 13.9. The molecule has 0 spiro atoms. The molecule has 0 saturated carbocycles. The minimum absolute atomic E-state index is 0.222. The smallest absolute Gasteiger partial charge is 0.175 e. The summed E-state index contributed by atoms with van der Waals surface area (Å²) in [6.45, 7) is 0. The molecule has 102 valence electrons. The number of nitrogens with two attached hydrogens (primary N) is 1. The highest BCUT2D eigenvalue weighted by Crippen LogP contribution is 2.25.